The Labute approximate surface area is 139 Å². The highest BCUT2D eigenvalue weighted by Crippen LogP contribution is 2.29. The third kappa shape index (κ3) is 4.09. The van der Waals surface area contributed by atoms with Crippen LogP contribution in [0.2, 0.25) is 0 Å². The van der Waals surface area contributed by atoms with Gasteiger partial charge in [0.15, 0.2) is 0 Å². The fraction of sp³-hybridized carbons (Fsp3) is 0.750. The summed E-state index contributed by atoms with van der Waals surface area (Å²) in [6.45, 7) is 3.71. The summed E-state index contributed by atoms with van der Waals surface area (Å²) in [4.78, 5) is 12.5. The Balaban J connectivity index is 2.14. The minimum Gasteiger partial charge on any atom is -0.396 e. The number of amides is 1. The molecule has 0 saturated heterocycles. The first-order valence-corrected chi connectivity index (χ1v) is 8.16. The van der Waals surface area contributed by atoms with Gasteiger partial charge in [0.2, 0.25) is 5.91 Å². The molecule has 2 N–H and O–H groups in total. The Kier molecular flexibility index (Phi) is 5.57. The molecule has 1 saturated carbocycles. The SMILES string of the molecule is Cc1nn(CC(F)(F)F)c(C)c1[C@H](C)C(=O)N[C@H]1CCC[C@H]1CO. The van der Waals surface area contributed by atoms with Crippen molar-refractivity contribution in [1.29, 1.82) is 0 Å². The fourth-order valence-electron chi connectivity index (χ4n) is 3.55. The molecule has 2 rings (SSSR count). The van der Waals surface area contributed by atoms with Crippen LogP contribution < -0.4 is 5.32 Å². The number of rotatable bonds is 5. The lowest BCUT2D eigenvalue weighted by Crippen LogP contribution is -2.40. The van der Waals surface area contributed by atoms with Crippen molar-refractivity contribution in [3.05, 3.63) is 17.0 Å². The summed E-state index contributed by atoms with van der Waals surface area (Å²) in [6, 6.07) is -0.0733. The number of nitrogens with one attached hydrogen (secondary N) is 1. The molecule has 0 aliphatic heterocycles. The number of hydrogen-bond donors (Lipinski definition) is 2. The van der Waals surface area contributed by atoms with Gasteiger partial charge in [-0.2, -0.15) is 18.3 Å². The van der Waals surface area contributed by atoms with Crippen molar-refractivity contribution in [1.82, 2.24) is 15.1 Å². The second-order valence-corrected chi connectivity index (χ2v) is 6.57. The number of aliphatic hydroxyl groups excluding tert-OH is 1. The van der Waals surface area contributed by atoms with Crippen molar-refractivity contribution in [2.45, 2.75) is 64.7 Å². The molecule has 24 heavy (non-hydrogen) atoms. The Morgan fingerprint density at radius 1 is 1.42 bits per heavy atom. The molecule has 1 amide bonds. The van der Waals surface area contributed by atoms with Gasteiger partial charge in [0.25, 0.3) is 0 Å². The molecule has 1 aromatic heterocycles. The van der Waals surface area contributed by atoms with Crippen LogP contribution in [-0.2, 0) is 11.3 Å². The van der Waals surface area contributed by atoms with E-state index in [2.05, 4.69) is 10.4 Å². The van der Waals surface area contributed by atoms with Gasteiger partial charge in [-0.15, -0.1) is 0 Å². The zero-order chi connectivity index (χ0) is 18.1. The van der Waals surface area contributed by atoms with Gasteiger partial charge in [-0.05, 0) is 33.6 Å². The Hall–Kier alpha value is -1.57. The van der Waals surface area contributed by atoms with E-state index in [-0.39, 0.29) is 24.5 Å². The smallest absolute Gasteiger partial charge is 0.396 e. The second-order valence-electron chi connectivity index (χ2n) is 6.57. The Morgan fingerprint density at radius 3 is 2.67 bits per heavy atom. The van der Waals surface area contributed by atoms with Gasteiger partial charge in [0.1, 0.15) is 6.54 Å². The number of aliphatic hydroxyl groups is 1. The predicted molar refractivity (Wildman–Crippen MR) is 82.5 cm³/mol. The second kappa shape index (κ2) is 7.13. The van der Waals surface area contributed by atoms with Crippen LogP contribution in [0.5, 0.6) is 0 Å². The summed E-state index contributed by atoms with van der Waals surface area (Å²) >= 11 is 0. The Morgan fingerprint density at radius 2 is 2.08 bits per heavy atom. The van der Waals surface area contributed by atoms with Crippen molar-refractivity contribution >= 4 is 5.91 Å². The minimum absolute atomic E-state index is 0.0287. The summed E-state index contributed by atoms with van der Waals surface area (Å²) in [7, 11) is 0. The van der Waals surface area contributed by atoms with E-state index in [1.54, 1.807) is 20.8 Å². The van der Waals surface area contributed by atoms with Crippen molar-refractivity contribution < 1.29 is 23.1 Å². The molecule has 0 radical (unpaired) electrons. The van der Waals surface area contributed by atoms with E-state index in [0.29, 0.717) is 17.0 Å². The maximum absolute atomic E-state index is 12.6. The number of hydrogen-bond acceptors (Lipinski definition) is 3. The zero-order valence-corrected chi connectivity index (χ0v) is 14.2. The molecular formula is C16H24F3N3O2. The van der Waals surface area contributed by atoms with E-state index in [0.717, 1.165) is 23.9 Å². The van der Waals surface area contributed by atoms with Crippen molar-refractivity contribution in [3.63, 3.8) is 0 Å². The molecule has 8 heteroatoms. The molecule has 0 spiro atoms. The molecular weight excluding hydrogens is 323 g/mol. The third-order valence-electron chi connectivity index (χ3n) is 4.81. The van der Waals surface area contributed by atoms with Crippen LogP contribution in [-0.4, -0.2) is 39.6 Å². The number of halogens is 3. The summed E-state index contributed by atoms with van der Waals surface area (Å²) in [6.07, 6.45) is -1.72. The Bertz CT molecular complexity index is 598. The predicted octanol–water partition coefficient (Wildman–Crippen LogP) is 2.44. The monoisotopic (exact) mass is 347 g/mol. The quantitative estimate of drug-likeness (QED) is 0.860. The molecule has 136 valence electrons. The molecule has 1 aliphatic carbocycles. The van der Waals surface area contributed by atoms with E-state index < -0.39 is 18.6 Å². The first kappa shape index (κ1) is 18.8. The average molecular weight is 347 g/mol. The molecule has 1 heterocycles. The van der Waals surface area contributed by atoms with Gasteiger partial charge in [-0.1, -0.05) is 6.42 Å². The highest BCUT2D eigenvalue weighted by Gasteiger charge is 2.33. The van der Waals surface area contributed by atoms with Gasteiger partial charge < -0.3 is 10.4 Å². The topological polar surface area (TPSA) is 67.2 Å². The minimum atomic E-state index is -4.36. The van der Waals surface area contributed by atoms with E-state index in [1.165, 1.54) is 0 Å². The molecule has 0 aromatic carbocycles. The van der Waals surface area contributed by atoms with Crippen molar-refractivity contribution in [2.24, 2.45) is 5.92 Å². The standard InChI is InChI=1S/C16H24F3N3O2/c1-9(15(24)20-13-6-4-5-12(13)7-23)14-10(2)21-22(11(14)3)8-16(17,18)19/h9,12-13,23H,4-8H2,1-3H3,(H,20,24)/t9-,12-,13-/m0/s1. The number of alkyl halides is 3. The van der Waals surface area contributed by atoms with Crippen LogP contribution in [0.3, 0.4) is 0 Å². The van der Waals surface area contributed by atoms with Crippen LogP contribution in [0.25, 0.3) is 0 Å². The molecule has 1 aliphatic rings. The molecule has 3 atom stereocenters. The number of nitrogens with zero attached hydrogens (tertiary/aromatic N) is 2. The largest absolute Gasteiger partial charge is 0.408 e. The van der Waals surface area contributed by atoms with Crippen LogP contribution in [0.4, 0.5) is 13.2 Å². The van der Waals surface area contributed by atoms with Crippen molar-refractivity contribution in [2.75, 3.05) is 6.61 Å². The van der Waals surface area contributed by atoms with Crippen LogP contribution in [0.1, 0.15) is 49.1 Å². The van der Waals surface area contributed by atoms with Gasteiger partial charge in [-0.25, -0.2) is 0 Å². The molecule has 0 bridgehead atoms. The molecule has 1 aromatic rings. The summed E-state index contributed by atoms with van der Waals surface area (Å²) < 4.78 is 38.7. The lowest BCUT2D eigenvalue weighted by Gasteiger charge is -2.22. The first-order valence-electron chi connectivity index (χ1n) is 8.16. The summed E-state index contributed by atoms with van der Waals surface area (Å²) in [5, 5.41) is 16.2. The summed E-state index contributed by atoms with van der Waals surface area (Å²) in [5.41, 5.74) is 1.33. The normalized spacial score (nSPS) is 22.6. The average Bonchev–Trinajstić information content (AvgIpc) is 3.01. The van der Waals surface area contributed by atoms with Gasteiger partial charge >= 0.3 is 6.18 Å². The van der Waals surface area contributed by atoms with Crippen molar-refractivity contribution in [3.8, 4) is 0 Å². The van der Waals surface area contributed by atoms with Crippen LogP contribution >= 0.6 is 0 Å². The van der Waals surface area contributed by atoms with E-state index >= 15 is 0 Å². The first-order chi connectivity index (χ1) is 11.1. The van der Waals surface area contributed by atoms with Crippen LogP contribution in [0.15, 0.2) is 0 Å². The molecule has 0 unspecified atom stereocenters. The van der Waals surface area contributed by atoms with Gasteiger partial charge in [0, 0.05) is 29.8 Å². The highest BCUT2D eigenvalue weighted by atomic mass is 19.4. The number of carbonyl (C=O) groups is 1. The van der Waals surface area contributed by atoms with Crippen LogP contribution in [0, 0.1) is 19.8 Å². The fourth-order valence-corrected chi connectivity index (χ4v) is 3.55. The number of aryl methyl sites for hydroxylation is 1. The highest BCUT2D eigenvalue weighted by molar-refractivity contribution is 5.84. The molecule has 5 nitrogen and oxygen atoms in total. The van der Waals surface area contributed by atoms with Gasteiger partial charge in [-0.3, -0.25) is 9.48 Å². The number of aromatic nitrogens is 2. The number of carbonyl (C=O) groups excluding carboxylic acids is 1. The maximum Gasteiger partial charge on any atom is 0.408 e. The lowest BCUT2D eigenvalue weighted by atomic mass is 9.96. The van der Waals surface area contributed by atoms with E-state index in [9.17, 15) is 23.1 Å². The lowest BCUT2D eigenvalue weighted by molar-refractivity contribution is -0.143. The maximum atomic E-state index is 12.6. The van der Waals surface area contributed by atoms with E-state index in [1.807, 2.05) is 0 Å². The molecule has 1 fully saturated rings. The van der Waals surface area contributed by atoms with Gasteiger partial charge in [0.05, 0.1) is 11.6 Å². The zero-order valence-electron chi connectivity index (χ0n) is 14.2. The third-order valence-corrected chi connectivity index (χ3v) is 4.81. The van der Waals surface area contributed by atoms with E-state index in [4.69, 9.17) is 0 Å². The summed E-state index contributed by atoms with van der Waals surface area (Å²) in [5.74, 6) is -0.777.